The smallest absolute Gasteiger partial charge is 0.251 e. The lowest BCUT2D eigenvalue weighted by atomic mass is 10.2. The van der Waals surface area contributed by atoms with Crippen molar-refractivity contribution in [3.8, 4) is 0 Å². The average molecular weight is 258 g/mol. The Morgan fingerprint density at radius 1 is 1.28 bits per heavy atom. The van der Waals surface area contributed by atoms with Crippen LogP contribution in [0, 0.1) is 0 Å². The molecule has 18 heavy (non-hydrogen) atoms. The molecule has 1 N–H and O–H groups in total. The predicted molar refractivity (Wildman–Crippen MR) is 70.4 cm³/mol. The van der Waals surface area contributed by atoms with E-state index in [1.165, 1.54) is 0 Å². The summed E-state index contributed by atoms with van der Waals surface area (Å²) in [6, 6.07) is 0. The maximum Gasteiger partial charge on any atom is 0.251 e. The summed E-state index contributed by atoms with van der Waals surface area (Å²) in [4.78, 5) is 16.2. The van der Waals surface area contributed by atoms with Crippen molar-refractivity contribution in [3.63, 3.8) is 0 Å². The van der Waals surface area contributed by atoms with Gasteiger partial charge in [0.05, 0.1) is 6.10 Å². The van der Waals surface area contributed by atoms with Crippen LogP contribution in [0.1, 0.15) is 27.2 Å². The zero-order valence-corrected chi connectivity index (χ0v) is 11.8. The van der Waals surface area contributed by atoms with Gasteiger partial charge >= 0.3 is 0 Å². The Bertz CT molecular complexity index is 251. The second-order valence-corrected chi connectivity index (χ2v) is 4.83. The average Bonchev–Trinajstić information content (AvgIpc) is 2.35. The molecule has 1 amide bonds. The topological polar surface area (TPSA) is 53.0 Å². The van der Waals surface area contributed by atoms with E-state index >= 15 is 0 Å². The van der Waals surface area contributed by atoms with E-state index in [1.807, 2.05) is 18.7 Å². The van der Waals surface area contributed by atoms with Gasteiger partial charge in [-0.05, 0) is 20.3 Å². The van der Waals surface area contributed by atoms with Gasteiger partial charge in [-0.3, -0.25) is 9.69 Å². The van der Waals surface area contributed by atoms with Crippen LogP contribution in [0.4, 0.5) is 0 Å². The Kier molecular flexibility index (Phi) is 6.60. The van der Waals surface area contributed by atoms with Crippen molar-refractivity contribution in [3.05, 3.63) is 0 Å². The molecule has 5 heteroatoms. The van der Waals surface area contributed by atoms with Crippen LogP contribution in [0.3, 0.4) is 0 Å². The quantitative estimate of drug-likeness (QED) is 0.746. The van der Waals surface area contributed by atoms with Gasteiger partial charge in [-0.15, -0.1) is 0 Å². The van der Waals surface area contributed by atoms with Gasteiger partial charge in [0.1, 0.15) is 6.10 Å². The molecule has 0 saturated carbocycles. The third-order valence-corrected chi connectivity index (χ3v) is 3.22. The second kappa shape index (κ2) is 7.71. The molecule has 1 rings (SSSR count). The fourth-order valence-corrected chi connectivity index (χ4v) is 2.29. The lowest BCUT2D eigenvalue weighted by Gasteiger charge is -2.36. The maximum atomic E-state index is 12.2. The number of aliphatic hydroxyl groups excluding tert-OH is 1. The molecule has 1 heterocycles. The molecule has 0 aliphatic carbocycles. The minimum absolute atomic E-state index is 0.107. The highest BCUT2D eigenvalue weighted by Gasteiger charge is 2.26. The van der Waals surface area contributed by atoms with Gasteiger partial charge < -0.3 is 14.7 Å². The highest BCUT2D eigenvalue weighted by molar-refractivity contribution is 5.81. The Hall–Kier alpha value is -0.650. The standard InChI is InChI=1S/C13H26N2O3/c1-4-12(18-5-2)13(17)15-8-6-14(7-9-15)10-11(3)16/h11-12,16H,4-10H2,1-3H3/t11-,12+/m0/s1. The molecule has 1 aliphatic heterocycles. The van der Waals surface area contributed by atoms with E-state index in [2.05, 4.69) is 4.90 Å². The number of piperazine rings is 1. The van der Waals surface area contributed by atoms with E-state index in [1.54, 1.807) is 6.92 Å². The molecule has 1 aliphatic rings. The van der Waals surface area contributed by atoms with Gasteiger partial charge in [0.2, 0.25) is 0 Å². The first kappa shape index (κ1) is 15.4. The molecule has 1 fully saturated rings. The normalized spacial score (nSPS) is 20.8. The van der Waals surface area contributed by atoms with Crippen LogP contribution in [0.2, 0.25) is 0 Å². The van der Waals surface area contributed by atoms with Crippen molar-refractivity contribution in [2.75, 3.05) is 39.3 Å². The Morgan fingerprint density at radius 3 is 2.33 bits per heavy atom. The summed E-state index contributed by atoms with van der Waals surface area (Å²) in [7, 11) is 0. The van der Waals surface area contributed by atoms with Crippen molar-refractivity contribution in [1.82, 2.24) is 9.80 Å². The third kappa shape index (κ3) is 4.55. The van der Waals surface area contributed by atoms with Crippen LogP contribution < -0.4 is 0 Å². The summed E-state index contributed by atoms with van der Waals surface area (Å²) in [5, 5.41) is 9.33. The van der Waals surface area contributed by atoms with Crippen molar-refractivity contribution in [1.29, 1.82) is 0 Å². The van der Waals surface area contributed by atoms with Crippen LogP contribution in [-0.4, -0.2) is 72.4 Å². The minimum atomic E-state index is -0.306. The summed E-state index contributed by atoms with van der Waals surface area (Å²) in [5.74, 6) is 0.107. The molecule has 0 aromatic carbocycles. The largest absolute Gasteiger partial charge is 0.392 e. The summed E-state index contributed by atoms with van der Waals surface area (Å²) < 4.78 is 5.45. The fourth-order valence-electron chi connectivity index (χ4n) is 2.29. The SMILES string of the molecule is CCO[C@H](CC)C(=O)N1CCN(C[C@H](C)O)CC1. The van der Waals surface area contributed by atoms with Gasteiger partial charge in [0.15, 0.2) is 0 Å². The van der Waals surface area contributed by atoms with Crippen LogP contribution in [0.25, 0.3) is 0 Å². The molecular formula is C13H26N2O3. The van der Waals surface area contributed by atoms with Crippen LogP contribution >= 0.6 is 0 Å². The zero-order valence-electron chi connectivity index (χ0n) is 11.8. The Morgan fingerprint density at radius 2 is 1.89 bits per heavy atom. The first-order chi connectivity index (χ1) is 8.58. The van der Waals surface area contributed by atoms with E-state index in [-0.39, 0.29) is 18.1 Å². The Labute approximate surface area is 110 Å². The summed E-state index contributed by atoms with van der Waals surface area (Å²) >= 11 is 0. The summed E-state index contributed by atoms with van der Waals surface area (Å²) in [6.07, 6.45) is 0.123. The first-order valence-electron chi connectivity index (χ1n) is 6.89. The molecule has 0 unspecified atom stereocenters. The number of rotatable bonds is 6. The van der Waals surface area contributed by atoms with Gasteiger partial charge in [0, 0.05) is 39.3 Å². The van der Waals surface area contributed by atoms with Crippen LogP contribution in [-0.2, 0) is 9.53 Å². The lowest BCUT2D eigenvalue weighted by molar-refractivity contribution is -0.145. The first-order valence-corrected chi connectivity index (χ1v) is 6.89. The predicted octanol–water partition coefficient (Wildman–Crippen LogP) is 0.327. The van der Waals surface area contributed by atoms with E-state index in [9.17, 15) is 9.90 Å². The molecule has 2 atom stereocenters. The summed E-state index contributed by atoms with van der Waals surface area (Å²) in [6.45, 7) is 10.1. The zero-order chi connectivity index (χ0) is 13.5. The minimum Gasteiger partial charge on any atom is -0.392 e. The highest BCUT2D eigenvalue weighted by Crippen LogP contribution is 2.08. The number of aliphatic hydroxyl groups is 1. The number of β-amino-alcohol motifs (C(OH)–C–C–N with tert-alkyl or cyclic N) is 1. The monoisotopic (exact) mass is 258 g/mol. The van der Waals surface area contributed by atoms with Gasteiger partial charge in [-0.1, -0.05) is 6.92 Å². The van der Waals surface area contributed by atoms with E-state index < -0.39 is 0 Å². The number of ether oxygens (including phenoxy) is 1. The molecule has 0 aromatic heterocycles. The molecular weight excluding hydrogens is 232 g/mol. The van der Waals surface area contributed by atoms with Crippen molar-refractivity contribution < 1.29 is 14.6 Å². The van der Waals surface area contributed by atoms with Crippen LogP contribution in [0.15, 0.2) is 0 Å². The van der Waals surface area contributed by atoms with E-state index in [0.29, 0.717) is 13.2 Å². The number of nitrogens with zero attached hydrogens (tertiary/aromatic N) is 2. The third-order valence-electron chi connectivity index (χ3n) is 3.22. The van der Waals surface area contributed by atoms with Gasteiger partial charge in [-0.25, -0.2) is 0 Å². The fraction of sp³-hybridized carbons (Fsp3) is 0.923. The van der Waals surface area contributed by atoms with E-state index in [4.69, 9.17) is 4.74 Å². The van der Waals surface area contributed by atoms with E-state index in [0.717, 1.165) is 32.6 Å². The molecule has 0 bridgehead atoms. The second-order valence-electron chi connectivity index (χ2n) is 4.83. The molecule has 5 nitrogen and oxygen atoms in total. The van der Waals surface area contributed by atoms with Gasteiger partial charge in [0.25, 0.3) is 5.91 Å². The van der Waals surface area contributed by atoms with Crippen molar-refractivity contribution in [2.24, 2.45) is 0 Å². The van der Waals surface area contributed by atoms with Crippen molar-refractivity contribution >= 4 is 5.91 Å². The summed E-state index contributed by atoms with van der Waals surface area (Å²) in [5.41, 5.74) is 0. The molecule has 106 valence electrons. The number of hydrogen-bond acceptors (Lipinski definition) is 4. The number of hydrogen-bond donors (Lipinski definition) is 1. The molecule has 0 aromatic rings. The lowest BCUT2D eigenvalue weighted by Crippen LogP contribution is -2.52. The molecule has 0 spiro atoms. The Balaban J connectivity index is 2.39. The molecule has 1 saturated heterocycles. The number of amides is 1. The number of carbonyl (C=O) groups is 1. The molecule has 0 radical (unpaired) electrons. The van der Waals surface area contributed by atoms with Crippen LogP contribution in [0.5, 0.6) is 0 Å². The van der Waals surface area contributed by atoms with Crippen molar-refractivity contribution in [2.45, 2.75) is 39.4 Å². The highest BCUT2D eigenvalue weighted by atomic mass is 16.5. The van der Waals surface area contributed by atoms with Gasteiger partial charge in [-0.2, -0.15) is 0 Å². The number of carbonyl (C=O) groups excluding carboxylic acids is 1. The maximum absolute atomic E-state index is 12.2.